The molecule has 2 saturated heterocycles. The molecule has 2 amide bonds. The number of hydrogen-bond acceptors (Lipinski definition) is 3. The molecule has 0 spiro atoms. The van der Waals surface area contributed by atoms with Gasteiger partial charge in [0, 0.05) is 31.5 Å². The van der Waals surface area contributed by atoms with Gasteiger partial charge >= 0.3 is 0 Å². The molecule has 0 unspecified atom stereocenters. The highest BCUT2D eigenvalue weighted by atomic mass is 16.7. The van der Waals surface area contributed by atoms with Crippen molar-refractivity contribution in [1.29, 1.82) is 0 Å². The van der Waals surface area contributed by atoms with Crippen molar-refractivity contribution in [3.05, 3.63) is 0 Å². The number of amides is 2. The predicted octanol–water partition coefficient (Wildman–Crippen LogP) is 1.19. The lowest BCUT2D eigenvalue weighted by Gasteiger charge is -2.35. The zero-order valence-corrected chi connectivity index (χ0v) is 11.3. The van der Waals surface area contributed by atoms with Crippen LogP contribution in [-0.4, -0.2) is 48.0 Å². The maximum atomic E-state index is 12.3. The summed E-state index contributed by atoms with van der Waals surface area (Å²) < 4.78 is 0. The molecule has 106 valence electrons. The number of hydroxylamine groups is 2. The minimum absolute atomic E-state index is 0.0429. The molecule has 3 aliphatic rings. The Labute approximate surface area is 113 Å². The first-order valence-corrected chi connectivity index (χ1v) is 7.49. The summed E-state index contributed by atoms with van der Waals surface area (Å²) in [5.74, 6) is 0.761. The first-order chi connectivity index (χ1) is 9.25. The van der Waals surface area contributed by atoms with Crippen LogP contribution in [0.2, 0.25) is 0 Å². The monoisotopic (exact) mass is 266 g/mol. The van der Waals surface area contributed by atoms with Crippen LogP contribution in [0, 0.1) is 11.8 Å². The van der Waals surface area contributed by atoms with Crippen molar-refractivity contribution < 1.29 is 14.4 Å². The van der Waals surface area contributed by atoms with Gasteiger partial charge in [-0.15, -0.1) is 0 Å². The molecule has 19 heavy (non-hydrogen) atoms. The van der Waals surface area contributed by atoms with Crippen LogP contribution in [-0.2, 0) is 14.4 Å². The molecular formula is C14H22N2O3. The largest absolute Gasteiger partial charge is 0.342 e. The van der Waals surface area contributed by atoms with Gasteiger partial charge in [0.05, 0.1) is 6.61 Å². The van der Waals surface area contributed by atoms with E-state index in [1.807, 2.05) is 4.90 Å². The van der Waals surface area contributed by atoms with E-state index in [1.165, 1.54) is 0 Å². The van der Waals surface area contributed by atoms with Crippen LogP contribution in [0.3, 0.4) is 0 Å². The fourth-order valence-corrected chi connectivity index (χ4v) is 2.91. The van der Waals surface area contributed by atoms with Crippen LogP contribution >= 0.6 is 0 Å². The van der Waals surface area contributed by atoms with Gasteiger partial charge in [-0.05, 0) is 38.5 Å². The molecule has 1 saturated carbocycles. The number of carbonyl (C=O) groups excluding carboxylic acids is 2. The Morgan fingerprint density at radius 1 is 0.842 bits per heavy atom. The Morgan fingerprint density at radius 2 is 1.53 bits per heavy atom. The molecule has 5 heteroatoms. The molecule has 1 aliphatic carbocycles. The third kappa shape index (κ3) is 2.91. The van der Waals surface area contributed by atoms with Gasteiger partial charge in [0.15, 0.2) is 0 Å². The van der Waals surface area contributed by atoms with Crippen molar-refractivity contribution in [1.82, 2.24) is 9.96 Å². The van der Waals surface area contributed by atoms with E-state index in [4.69, 9.17) is 4.84 Å². The SMILES string of the molecule is O=C(C1CC1)N1CCC(C(=O)N2CCCCO2)CC1. The second-order valence-corrected chi connectivity index (χ2v) is 5.85. The minimum atomic E-state index is 0.0429. The second kappa shape index (κ2) is 5.49. The summed E-state index contributed by atoms with van der Waals surface area (Å²) in [6.07, 6.45) is 5.76. The summed E-state index contributed by atoms with van der Waals surface area (Å²) in [6, 6.07) is 0. The Kier molecular flexibility index (Phi) is 3.73. The van der Waals surface area contributed by atoms with Gasteiger partial charge in [-0.1, -0.05) is 0 Å². The van der Waals surface area contributed by atoms with Gasteiger partial charge in [0.25, 0.3) is 0 Å². The Balaban J connectivity index is 1.48. The quantitative estimate of drug-likeness (QED) is 0.754. The molecule has 2 aliphatic heterocycles. The normalized spacial score (nSPS) is 25.5. The van der Waals surface area contributed by atoms with E-state index in [0.29, 0.717) is 12.5 Å². The van der Waals surface area contributed by atoms with Crippen LogP contribution in [0.4, 0.5) is 0 Å². The molecule has 0 N–H and O–H groups in total. The average molecular weight is 266 g/mol. The highest BCUT2D eigenvalue weighted by molar-refractivity contribution is 5.82. The Hall–Kier alpha value is -1.10. The maximum Gasteiger partial charge on any atom is 0.249 e. The molecule has 0 aromatic heterocycles. The van der Waals surface area contributed by atoms with E-state index in [1.54, 1.807) is 5.06 Å². The van der Waals surface area contributed by atoms with Gasteiger partial charge in [0.2, 0.25) is 11.8 Å². The summed E-state index contributed by atoms with van der Waals surface area (Å²) in [7, 11) is 0. The van der Waals surface area contributed by atoms with E-state index >= 15 is 0 Å². The van der Waals surface area contributed by atoms with E-state index in [-0.39, 0.29) is 17.7 Å². The van der Waals surface area contributed by atoms with E-state index < -0.39 is 0 Å². The molecule has 0 atom stereocenters. The summed E-state index contributed by atoms with van der Waals surface area (Å²) in [6.45, 7) is 2.85. The molecule has 3 fully saturated rings. The zero-order chi connectivity index (χ0) is 13.2. The molecule has 0 radical (unpaired) electrons. The van der Waals surface area contributed by atoms with Crippen molar-refractivity contribution in [3.63, 3.8) is 0 Å². The first-order valence-electron chi connectivity index (χ1n) is 7.49. The highest BCUT2D eigenvalue weighted by Gasteiger charge is 2.37. The van der Waals surface area contributed by atoms with Crippen molar-refractivity contribution in [2.75, 3.05) is 26.2 Å². The topological polar surface area (TPSA) is 49.9 Å². The molecule has 0 bridgehead atoms. The minimum Gasteiger partial charge on any atom is -0.342 e. The summed E-state index contributed by atoms with van der Waals surface area (Å²) in [4.78, 5) is 31.6. The zero-order valence-electron chi connectivity index (χ0n) is 11.3. The average Bonchev–Trinajstić information content (AvgIpc) is 3.31. The van der Waals surface area contributed by atoms with E-state index in [0.717, 1.165) is 58.2 Å². The number of piperidine rings is 1. The number of nitrogens with zero attached hydrogens (tertiary/aromatic N) is 2. The Bertz CT molecular complexity index is 354. The summed E-state index contributed by atoms with van der Waals surface area (Å²) in [5, 5.41) is 1.55. The first kappa shape index (κ1) is 12.9. The molecule has 0 aromatic carbocycles. The number of likely N-dealkylation sites (tertiary alicyclic amines) is 1. The van der Waals surface area contributed by atoms with Crippen LogP contribution in [0.1, 0.15) is 38.5 Å². The van der Waals surface area contributed by atoms with Crippen LogP contribution in [0.25, 0.3) is 0 Å². The lowest BCUT2D eigenvalue weighted by atomic mass is 9.95. The van der Waals surface area contributed by atoms with Crippen molar-refractivity contribution >= 4 is 11.8 Å². The summed E-state index contributed by atoms with van der Waals surface area (Å²) in [5.41, 5.74) is 0. The fourth-order valence-electron chi connectivity index (χ4n) is 2.91. The van der Waals surface area contributed by atoms with Gasteiger partial charge in [-0.3, -0.25) is 14.4 Å². The van der Waals surface area contributed by atoms with Crippen molar-refractivity contribution in [2.45, 2.75) is 38.5 Å². The lowest BCUT2D eigenvalue weighted by molar-refractivity contribution is -0.202. The fraction of sp³-hybridized carbons (Fsp3) is 0.857. The number of hydrogen-bond donors (Lipinski definition) is 0. The van der Waals surface area contributed by atoms with Gasteiger partial charge in [-0.25, -0.2) is 5.06 Å². The third-order valence-corrected chi connectivity index (χ3v) is 4.33. The Morgan fingerprint density at radius 3 is 2.11 bits per heavy atom. The van der Waals surface area contributed by atoms with E-state index in [2.05, 4.69) is 0 Å². The maximum absolute atomic E-state index is 12.3. The van der Waals surface area contributed by atoms with Crippen LogP contribution < -0.4 is 0 Å². The number of carbonyl (C=O) groups is 2. The van der Waals surface area contributed by atoms with Crippen LogP contribution in [0.5, 0.6) is 0 Å². The van der Waals surface area contributed by atoms with Gasteiger partial charge in [-0.2, -0.15) is 0 Å². The summed E-state index contributed by atoms with van der Waals surface area (Å²) >= 11 is 0. The predicted molar refractivity (Wildman–Crippen MR) is 68.9 cm³/mol. The molecule has 3 rings (SSSR count). The van der Waals surface area contributed by atoms with E-state index in [9.17, 15) is 9.59 Å². The third-order valence-electron chi connectivity index (χ3n) is 4.33. The highest BCUT2D eigenvalue weighted by Crippen LogP contribution is 2.32. The van der Waals surface area contributed by atoms with Crippen molar-refractivity contribution in [3.8, 4) is 0 Å². The number of rotatable bonds is 2. The second-order valence-electron chi connectivity index (χ2n) is 5.85. The molecule has 5 nitrogen and oxygen atoms in total. The molecular weight excluding hydrogens is 244 g/mol. The van der Waals surface area contributed by atoms with Gasteiger partial charge < -0.3 is 4.90 Å². The van der Waals surface area contributed by atoms with Gasteiger partial charge in [0.1, 0.15) is 0 Å². The standard InChI is InChI=1S/C14H22N2O3/c17-13(11-3-4-11)15-8-5-12(6-9-15)14(18)16-7-1-2-10-19-16/h11-12H,1-10H2. The van der Waals surface area contributed by atoms with Crippen LogP contribution in [0.15, 0.2) is 0 Å². The smallest absolute Gasteiger partial charge is 0.249 e. The molecule has 2 heterocycles. The molecule has 0 aromatic rings. The van der Waals surface area contributed by atoms with Crippen molar-refractivity contribution in [2.24, 2.45) is 11.8 Å². The lowest BCUT2D eigenvalue weighted by Crippen LogP contribution is -2.46.